The predicted octanol–water partition coefficient (Wildman–Crippen LogP) is 3.32. The second kappa shape index (κ2) is 10.3. The molecule has 0 radical (unpaired) electrons. The molecular formula is C27H31N7O2. The van der Waals surface area contributed by atoms with Gasteiger partial charge in [-0.3, -0.25) is 14.0 Å². The van der Waals surface area contributed by atoms with Gasteiger partial charge in [-0.25, -0.2) is 14.8 Å². The Bertz CT molecular complexity index is 1410. The number of nitrogen functional groups attached to an aromatic ring is 1. The quantitative estimate of drug-likeness (QED) is 0.383. The molecule has 0 saturated carbocycles. The normalized spacial score (nSPS) is 16.5. The van der Waals surface area contributed by atoms with Crippen molar-refractivity contribution in [3.8, 4) is 17.2 Å². The Kier molecular flexibility index (Phi) is 6.84. The molecule has 5 rings (SSSR count). The predicted molar refractivity (Wildman–Crippen MR) is 142 cm³/mol. The number of aromatic nitrogens is 4. The number of likely N-dealkylation sites (tertiary alicyclic amines) is 1. The molecular weight excluding hydrogens is 454 g/mol. The van der Waals surface area contributed by atoms with E-state index in [-0.39, 0.29) is 17.5 Å². The van der Waals surface area contributed by atoms with Crippen LogP contribution in [0.25, 0.3) is 16.9 Å². The highest BCUT2D eigenvalue weighted by Crippen LogP contribution is 2.28. The Morgan fingerprint density at radius 2 is 1.81 bits per heavy atom. The molecule has 0 amide bonds. The van der Waals surface area contributed by atoms with Crippen LogP contribution in [-0.2, 0) is 0 Å². The van der Waals surface area contributed by atoms with Crippen molar-refractivity contribution in [3.05, 3.63) is 83.6 Å². The van der Waals surface area contributed by atoms with Crippen molar-refractivity contribution in [2.24, 2.45) is 0 Å². The minimum absolute atomic E-state index is 0.0125. The number of nitrogens with zero attached hydrogens (tertiary/aromatic N) is 6. The van der Waals surface area contributed by atoms with Crippen molar-refractivity contribution in [2.45, 2.75) is 12.5 Å². The number of likely N-dealkylation sites (N-methyl/N-ethyl adjacent to an activating group) is 1. The summed E-state index contributed by atoms with van der Waals surface area (Å²) in [6.45, 7) is 3.47. The number of anilines is 1. The van der Waals surface area contributed by atoms with E-state index in [1.165, 1.54) is 6.33 Å². The maximum Gasteiger partial charge on any atom is 0.335 e. The van der Waals surface area contributed by atoms with Crippen LogP contribution in [0.3, 0.4) is 0 Å². The van der Waals surface area contributed by atoms with Gasteiger partial charge in [-0.2, -0.15) is 0 Å². The minimum atomic E-state index is -0.163. The summed E-state index contributed by atoms with van der Waals surface area (Å²) in [5, 5.41) is 0. The lowest BCUT2D eigenvalue weighted by Gasteiger charge is -2.14. The highest BCUT2D eigenvalue weighted by atomic mass is 16.5. The highest BCUT2D eigenvalue weighted by Gasteiger charge is 2.29. The van der Waals surface area contributed by atoms with Crippen molar-refractivity contribution >= 4 is 17.0 Å². The van der Waals surface area contributed by atoms with E-state index in [9.17, 15) is 4.79 Å². The van der Waals surface area contributed by atoms with Crippen LogP contribution >= 0.6 is 0 Å². The fraction of sp³-hybridized carbons (Fsp3) is 0.296. The molecule has 2 aromatic carbocycles. The molecule has 9 heteroatoms. The monoisotopic (exact) mass is 485 g/mol. The van der Waals surface area contributed by atoms with E-state index in [0.29, 0.717) is 22.6 Å². The topological polar surface area (TPSA) is 94.4 Å². The van der Waals surface area contributed by atoms with E-state index in [4.69, 9.17) is 10.5 Å². The average molecular weight is 486 g/mol. The van der Waals surface area contributed by atoms with Gasteiger partial charge in [-0.15, -0.1) is 0 Å². The molecule has 1 atom stereocenters. The highest BCUT2D eigenvalue weighted by molar-refractivity contribution is 5.84. The van der Waals surface area contributed by atoms with E-state index in [1.54, 1.807) is 9.13 Å². The van der Waals surface area contributed by atoms with Crippen molar-refractivity contribution < 1.29 is 4.74 Å². The molecule has 9 nitrogen and oxygen atoms in total. The second-order valence-corrected chi connectivity index (χ2v) is 9.26. The summed E-state index contributed by atoms with van der Waals surface area (Å²) in [7, 11) is 4.10. The van der Waals surface area contributed by atoms with Crippen LogP contribution in [0.2, 0.25) is 0 Å². The van der Waals surface area contributed by atoms with Gasteiger partial charge in [0.05, 0.1) is 11.7 Å². The Hall–Kier alpha value is -3.95. The SMILES string of the molecule is CN(C)C/C=C/CN1CCC(n2c(=O)n(-c3ccc(Oc4ccccc4)cc3)c3c(N)ncnc32)C1. The van der Waals surface area contributed by atoms with Gasteiger partial charge in [0.15, 0.2) is 11.5 Å². The third-order valence-corrected chi connectivity index (χ3v) is 6.37. The van der Waals surface area contributed by atoms with Crippen molar-refractivity contribution in [1.82, 2.24) is 28.9 Å². The first-order valence-corrected chi connectivity index (χ1v) is 12.1. The largest absolute Gasteiger partial charge is 0.457 e. The molecule has 0 aliphatic carbocycles. The van der Waals surface area contributed by atoms with E-state index in [0.717, 1.165) is 38.3 Å². The van der Waals surface area contributed by atoms with E-state index < -0.39 is 0 Å². The van der Waals surface area contributed by atoms with Crippen molar-refractivity contribution in [3.63, 3.8) is 0 Å². The molecule has 1 aliphatic rings. The summed E-state index contributed by atoms with van der Waals surface area (Å²) in [4.78, 5) is 26.9. The van der Waals surface area contributed by atoms with Crippen LogP contribution < -0.4 is 16.2 Å². The first kappa shape index (κ1) is 23.8. The zero-order valence-electron chi connectivity index (χ0n) is 20.6. The third-order valence-electron chi connectivity index (χ3n) is 6.37. The first-order valence-electron chi connectivity index (χ1n) is 12.1. The lowest BCUT2D eigenvalue weighted by Crippen LogP contribution is -2.29. The molecule has 1 saturated heterocycles. The zero-order chi connectivity index (χ0) is 25.1. The molecule has 186 valence electrons. The van der Waals surface area contributed by atoms with Gasteiger partial charge < -0.3 is 15.4 Å². The van der Waals surface area contributed by atoms with Gasteiger partial charge in [0.25, 0.3) is 0 Å². The second-order valence-electron chi connectivity index (χ2n) is 9.26. The Morgan fingerprint density at radius 3 is 2.56 bits per heavy atom. The molecule has 2 aromatic heterocycles. The van der Waals surface area contributed by atoms with E-state index >= 15 is 0 Å². The molecule has 3 heterocycles. The van der Waals surface area contributed by atoms with Crippen molar-refractivity contribution in [1.29, 1.82) is 0 Å². The number of ether oxygens (including phenoxy) is 1. The Labute approximate surface area is 210 Å². The lowest BCUT2D eigenvalue weighted by atomic mass is 10.2. The lowest BCUT2D eigenvalue weighted by molar-refractivity contribution is 0.356. The van der Waals surface area contributed by atoms with Gasteiger partial charge in [-0.05, 0) is 56.9 Å². The summed E-state index contributed by atoms with van der Waals surface area (Å²) in [5.41, 5.74) is 7.89. The number of benzene rings is 2. The van der Waals surface area contributed by atoms with Gasteiger partial charge in [0.2, 0.25) is 0 Å². The summed E-state index contributed by atoms with van der Waals surface area (Å²) in [6, 6.07) is 17.0. The van der Waals surface area contributed by atoms with Gasteiger partial charge in [0, 0.05) is 26.2 Å². The smallest absolute Gasteiger partial charge is 0.335 e. The maximum absolute atomic E-state index is 13.8. The molecule has 0 spiro atoms. The van der Waals surface area contributed by atoms with Crippen LogP contribution in [0.1, 0.15) is 12.5 Å². The standard InChI is InChI=1S/C27H31N7O2/c1-31(2)15-6-7-16-32-17-14-21(18-32)34-26-24(25(28)29-19-30-26)33(27(34)35)20-10-12-23(13-11-20)36-22-8-4-3-5-9-22/h3-13,19,21H,14-18H2,1-2H3,(H2,28,29,30)/b7-6+. The van der Waals surface area contributed by atoms with E-state index in [1.807, 2.05) is 54.6 Å². The third kappa shape index (κ3) is 4.89. The van der Waals surface area contributed by atoms with Crippen molar-refractivity contribution in [2.75, 3.05) is 46.0 Å². The van der Waals surface area contributed by atoms with E-state index in [2.05, 4.69) is 46.0 Å². The molecule has 36 heavy (non-hydrogen) atoms. The van der Waals surface area contributed by atoms with Crippen LogP contribution in [0, 0.1) is 0 Å². The fourth-order valence-electron chi connectivity index (χ4n) is 4.62. The molecule has 0 bridgehead atoms. The van der Waals surface area contributed by atoms with Crippen LogP contribution in [0.15, 0.2) is 77.9 Å². The number of fused-ring (bicyclic) bond motifs is 1. The Balaban J connectivity index is 1.44. The zero-order valence-corrected chi connectivity index (χ0v) is 20.6. The summed E-state index contributed by atoms with van der Waals surface area (Å²) in [6.07, 6.45) is 6.65. The number of imidazole rings is 1. The summed E-state index contributed by atoms with van der Waals surface area (Å²) >= 11 is 0. The summed E-state index contributed by atoms with van der Waals surface area (Å²) in [5.74, 6) is 1.71. The number of hydrogen-bond donors (Lipinski definition) is 1. The van der Waals surface area contributed by atoms with Crippen LogP contribution in [0.5, 0.6) is 11.5 Å². The minimum Gasteiger partial charge on any atom is -0.457 e. The summed E-state index contributed by atoms with van der Waals surface area (Å²) < 4.78 is 9.30. The molecule has 1 unspecified atom stereocenters. The van der Waals surface area contributed by atoms with Crippen LogP contribution in [-0.4, -0.2) is 69.2 Å². The molecule has 2 N–H and O–H groups in total. The Morgan fingerprint density at radius 1 is 1.06 bits per heavy atom. The van der Waals surface area contributed by atoms with Gasteiger partial charge in [-0.1, -0.05) is 30.4 Å². The van der Waals surface area contributed by atoms with Gasteiger partial charge in [0.1, 0.15) is 23.3 Å². The van der Waals surface area contributed by atoms with Gasteiger partial charge >= 0.3 is 5.69 Å². The molecule has 1 aliphatic heterocycles. The average Bonchev–Trinajstić information content (AvgIpc) is 3.45. The number of rotatable bonds is 8. The molecule has 4 aromatic rings. The fourth-order valence-corrected chi connectivity index (χ4v) is 4.62. The number of nitrogens with two attached hydrogens (primary N) is 1. The molecule has 1 fully saturated rings. The van der Waals surface area contributed by atoms with Crippen LogP contribution in [0.4, 0.5) is 5.82 Å². The first-order chi connectivity index (χ1) is 17.5. The maximum atomic E-state index is 13.8. The number of hydrogen-bond acceptors (Lipinski definition) is 7. The number of para-hydroxylation sites is 1.